The van der Waals surface area contributed by atoms with Crippen LogP contribution in [0, 0.1) is 6.92 Å². The molecule has 1 aliphatic carbocycles. The molecule has 98 valence electrons. The molecule has 18 heavy (non-hydrogen) atoms. The van der Waals surface area contributed by atoms with E-state index in [0.29, 0.717) is 6.04 Å². The van der Waals surface area contributed by atoms with Crippen LogP contribution in [0.2, 0.25) is 0 Å². The molecule has 1 amide bonds. The lowest BCUT2D eigenvalue weighted by Crippen LogP contribution is -2.45. The molecule has 0 spiro atoms. The fourth-order valence-electron chi connectivity index (χ4n) is 2.13. The van der Waals surface area contributed by atoms with Gasteiger partial charge in [-0.3, -0.25) is 4.79 Å². The van der Waals surface area contributed by atoms with E-state index in [2.05, 4.69) is 31.9 Å². The van der Waals surface area contributed by atoms with Crippen molar-refractivity contribution in [1.29, 1.82) is 0 Å². The number of benzene rings is 1. The standard InChI is InChI=1S/C14H17Br2NO/c1-10-5-6-11(9-13(10)16)14(18)17(8-7-15)12-3-2-4-12/h5-6,9,12H,2-4,7-8H2,1H3. The fraction of sp³-hybridized carbons (Fsp3) is 0.500. The summed E-state index contributed by atoms with van der Waals surface area (Å²) in [5.74, 6) is 0.153. The predicted molar refractivity (Wildman–Crippen MR) is 81.3 cm³/mol. The number of carbonyl (C=O) groups is 1. The van der Waals surface area contributed by atoms with Crippen LogP contribution in [0.3, 0.4) is 0 Å². The van der Waals surface area contributed by atoms with Gasteiger partial charge >= 0.3 is 0 Å². The van der Waals surface area contributed by atoms with E-state index in [1.807, 2.05) is 30.0 Å². The minimum absolute atomic E-state index is 0.153. The van der Waals surface area contributed by atoms with Gasteiger partial charge in [-0.1, -0.05) is 37.9 Å². The molecule has 0 heterocycles. The van der Waals surface area contributed by atoms with Crippen LogP contribution >= 0.6 is 31.9 Å². The Morgan fingerprint density at radius 1 is 1.44 bits per heavy atom. The van der Waals surface area contributed by atoms with Crippen LogP contribution in [-0.2, 0) is 0 Å². The van der Waals surface area contributed by atoms with Crippen molar-refractivity contribution in [2.75, 3.05) is 11.9 Å². The molecular formula is C14H17Br2NO. The highest BCUT2D eigenvalue weighted by Gasteiger charge is 2.28. The summed E-state index contributed by atoms with van der Waals surface area (Å²) >= 11 is 6.93. The number of halogens is 2. The van der Waals surface area contributed by atoms with Gasteiger partial charge in [-0.15, -0.1) is 0 Å². The first-order valence-electron chi connectivity index (χ1n) is 6.26. The van der Waals surface area contributed by atoms with Gasteiger partial charge in [-0.2, -0.15) is 0 Å². The van der Waals surface area contributed by atoms with Gasteiger partial charge in [0.25, 0.3) is 5.91 Å². The van der Waals surface area contributed by atoms with Crippen molar-refractivity contribution in [1.82, 2.24) is 4.90 Å². The Morgan fingerprint density at radius 2 is 2.17 bits per heavy atom. The molecule has 2 rings (SSSR count). The van der Waals surface area contributed by atoms with E-state index in [-0.39, 0.29) is 5.91 Å². The summed E-state index contributed by atoms with van der Waals surface area (Å²) in [4.78, 5) is 14.5. The van der Waals surface area contributed by atoms with Crippen LogP contribution in [0.15, 0.2) is 22.7 Å². The molecule has 1 aromatic rings. The highest BCUT2D eigenvalue weighted by molar-refractivity contribution is 9.10. The Balaban J connectivity index is 2.18. The van der Waals surface area contributed by atoms with Gasteiger partial charge in [-0.25, -0.2) is 0 Å². The van der Waals surface area contributed by atoms with Crippen LogP contribution in [0.4, 0.5) is 0 Å². The normalized spacial score (nSPS) is 15.3. The predicted octanol–water partition coefficient (Wildman–Crippen LogP) is 4.15. The third kappa shape index (κ3) is 2.97. The zero-order chi connectivity index (χ0) is 13.1. The maximum Gasteiger partial charge on any atom is 0.254 e. The van der Waals surface area contributed by atoms with E-state index in [9.17, 15) is 4.79 Å². The number of nitrogens with zero attached hydrogens (tertiary/aromatic N) is 1. The van der Waals surface area contributed by atoms with Crippen LogP contribution in [0.5, 0.6) is 0 Å². The molecule has 0 bridgehead atoms. The Labute approximate surface area is 125 Å². The van der Waals surface area contributed by atoms with Gasteiger partial charge in [0.15, 0.2) is 0 Å². The second kappa shape index (κ2) is 6.20. The monoisotopic (exact) mass is 373 g/mol. The average molecular weight is 375 g/mol. The van der Waals surface area contributed by atoms with Crippen molar-refractivity contribution in [3.8, 4) is 0 Å². The van der Waals surface area contributed by atoms with Gasteiger partial charge in [0.05, 0.1) is 0 Å². The van der Waals surface area contributed by atoms with Crippen LogP contribution in [0.1, 0.15) is 35.2 Å². The van der Waals surface area contributed by atoms with Crippen molar-refractivity contribution in [3.05, 3.63) is 33.8 Å². The smallest absolute Gasteiger partial charge is 0.254 e. The van der Waals surface area contributed by atoms with E-state index in [1.54, 1.807) is 0 Å². The highest BCUT2D eigenvalue weighted by atomic mass is 79.9. The van der Waals surface area contributed by atoms with Crippen molar-refractivity contribution in [3.63, 3.8) is 0 Å². The maximum atomic E-state index is 12.5. The Morgan fingerprint density at radius 3 is 2.67 bits per heavy atom. The number of alkyl halides is 1. The first-order chi connectivity index (χ1) is 8.63. The topological polar surface area (TPSA) is 20.3 Å². The molecule has 4 heteroatoms. The van der Waals surface area contributed by atoms with Gasteiger partial charge < -0.3 is 4.90 Å². The van der Waals surface area contributed by atoms with E-state index in [0.717, 1.165) is 40.3 Å². The minimum atomic E-state index is 0.153. The summed E-state index contributed by atoms with van der Waals surface area (Å²) in [6.45, 7) is 2.81. The van der Waals surface area contributed by atoms with Crippen molar-refractivity contribution in [2.24, 2.45) is 0 Å². The lowest BCUT2D eigenvalue weighted by Gasteiger charge is -2.37. The van der Waals surface area contributed by atoms with Gasteiger partial charge in [0, 0.05) is 28.0 Å². The average Bonchev–Trinajstić information content (AvgIpc) is 2.29. The lowest BCUT2D eigenvalue weighted by molar-refractivity contribution is 0.0599. The molecule has 1 aromatic carbocycles. The van der Waals surface area contributed by atoms with E-state index in [1.165, 1.54) is 6.42 Å². The quantitative estimate of drug-likeness (QED) is 0.725. The second-order valence-electron chi connectivity index (χ2n) is 4.74. The van der Waals surface area contributed by atoms with Crippen LogP contribution in [0.25, 0.3) is 0 Å². The third-order valence-electron chi connectivity index (χ3n) is 3.52. The summed E-state index contributed by atoms with van der Waals surface area (Å²) in [5.41, 5.74) is 1.93. The Bertz CT molecular complexity index is 443. The first kappa shape index (κ1) is 14.1. The molecule has 1 saturated carbocycles. The lowest BCUT2D eigenvalue weighted by atomic mass is 9.91. The third-order valence-corrected chi connectivity index (χ3v) is 4.73. The minimum Gasteiger partial charge on any atom is -0.335 e. The van der Waals surface area contributed by atoms with Gasteiger partial charge in [-0.05, 0) is 43.9 Å². The summed E-state index contributed by atoms with van der Waals surface area (Å²) in [7, 11) is 0. The molecule has 0 unspecified atom stereocenters. The first-order valence-corrected chi connectivity index (χ1v) is 8.18. The van der Waals surface area contributed by atoms with E-state index >= 15 is 0 Å². The number of hydrogen-bond donors (Lipinski definition) is 0. The number of aryl methyl sites for hydroxylation is 1. The van der Waals surface area contributed by atoms with E-state index in [4.69, 9.17) is 0 Å². The molecule has 0 aliphatic heterocycles. The number of rotatable bonds is 4. The molecule has 1 aliphatic rings. The molecule has 1 fully saturated rings. The van der Waals surface area contributed by atoms with Crippen molar-refractivity contribution in [2.45, 2.75) is 32.2 Å². The van der Waals surface area contributed by atoms with Crippen molar-refractivity contribution < 1.29 is 4.79 Å². The highest BCUT2D eigenvalue weighted by Crippen LogP contribution is 2.27. The summed E-state index contributed by atoms with van der Waals surface area (Å²) in [6.07, 6.45) is 3.53. The Hall–Kier alpha value is -0.350. The maximum absolute atomic E-state index is 12.5. The van der Waals surface area contributed by atoms with Gasteiger partial charge in [0.1, 0.15) is 0 Å². The molecule has 0 aromatic heterocycles. The second-order valence-corrected chi connectivity index (χ2v) is 6.38. The zero-order valence-corrected chi connectivity index (χ0v) is 13.6. The largest absolute Gasteiger partial charge is 0.335 e. The Kier molecular flexibility index (Phi) is 4.84. The zero-order valence-electron chi connectivity index (χ0n) is 10.5. The fourth-order valence-corrected chi connectivity index (χ4v) is 2.89. The summed E-state index contributed by atoms with van der Waals surface area (Å²) in [6, 6.07) is 6.28. The molecule has 0 saturated heterocycles. The SMILES string of the molecule is Cc1ccc(C(=O)N(CCBr)C2CCC2)cc1Br. The van der Waals surface area contributed by atoms with Crippen LogP contribution < -0.4 is 0 Å². The number of amides is 1. The summed E-state index contributed by atoms with van der Waals surface area (Å²) in [5, 5.41) is 0.836. The molecule has 0 atom stereocenters. The molecule has 0 N–H and O–H groups in total. The molecular weight excluding hydrogens is 358 g/mol. The van der Waals surface area contributed by atoms with Crippen molar-refractivity contribution >= 4 is 37.8 Å². The summed E-state index contributed by atoms with van der Waals surface area (Å²) < 4.78 is 1.00. The van der Waals surface area contributed by atoms with E-state index < -0.39 is 0 Å². The molecule has 0 radical (unpaired) electrons. The molecule has 2 nitrogen and oxygen atoms in total. The number of carbonyl (C=O) groups excluding carboxylic acids is 1. The number of hydrogen-bond acceptors (Lipinski definition) is 1. The van der Waals surface area contributed by atoms with Gasteiger partial charge in [0.2, 0.25) is 0 Å². The van der Waals surface area contributed by atoms with Crippen LogP contribution in [-0.4, -0.2) is 28.7 Å².